The normalized spacial score (nSPS) is 11.1. The van der Waals surface area contributed by atoms with Gasteiger partial charge in [-0.15, -0.1) is 0 Å². The number of ether oxygens (including phenoxy) is 9. The lowest BCUT2D eigenvalue weighted by atomic mass is 10.1. The quantitative estimate of drug-likeness (QED) is 0.0326. The standard InChI is InChI=1S/C42H51NO13/c1-47-34-24-29(25-35(48-2)40(34)51-5)12-16-38(44)54-23-11-20-43(19-10-22-53-32-15-13-30-14-17-39(45)56-33(30)28-32)18-8-7-9-21-55-42(46)31-26-36(49-3)41(52-6)37(27-31)50-4/h12-17,24-28H,7-11,18-23H2,1-6H3/b16-12+. The lowest BCUT2D eigenvalue weighted by Gasteiger charge is -2.22. The van der Waals surface area contributed by atoms with Gasteiger partial charge in [0.05, 0.1) is 68.0 Å². The first-order chi connectivity index (χ1) is 27.2. The molecule has 0 spiro atoms. The number of carbonyl (C=O) groups excluding carboxylic acids is 2. The van der Waals surface area contributed by atoms with Gasteiger partial charge in [0.15, 0.2) is 23.0 Å². The summed E-state index contributed by atoms with van der Waals surface area (Å²) >= 11 is 0. The van der Waals surface area contributed by atoms with Crippen molar-refractivity contribution in [2.45, 2.75) is 32.1 Å². The van der Waals surface area contributed by atoms with E-state index < -0.39 is 17.6 Å². The molecule has 56 heavy (non-hydrogen) atoms. The molecule has 1 heterocycles. The van der Waals surface area contributed by atoms with Gasteiger partial charge in [-0.05, 0) is 92.8 Å². The van der Waals surface area contributed by atoms with Crippen LogP contribution in [0.5, 0.6) is 40.2 Å². The van der Waals surface area contributed by atoms with E-state index in [1.165, 1.54) is 54.8 Å². The van der Waals surface area contributed by atoms with Crippen LogP contribution in [0.2, 0.25) is 0 Å². The third kappa shape index (κ3) is 12.6. The molecule has 1 aromatic heterocycles. The fraction of sp³-hybridized carbons (Fsp3) is 0.405. The molecule has 0 fully saturated rings. The van der Waals surface area contributed by atoms with E-state index in [0.717, 1.165) is 37.7 Å². The van der Waals surface area contributed by atoms with Gasteiger partial charge in [0.1, 0.15) is 11.3 Å². The molecule has 3 aromatic carbocycles. The average molecular weight is 778 g/mol. The van der Waals surface area contributed by atoms with Crippen molar-refractivity contribution in [1.29, 1.82) is 0 Å². The summed E-state index contributed by atoms with van der Waals surface area (Å²) in [4.78, 5) is 39.2. The maximum atomic E-state index is 12.8. The Morgan fingerprint density at radius 1 is 0.625 bits per heavy atom. The predicted molar refractivity (Wildman–Crippen MR) is 210 cm³/mol. The number of benzene rings is 3. The Bertz CT molecular complexity index is 1920. The van der Waals surface area contributed by atoms with Crippen LogP contribution in [-0.2, 0) is 14.3 Å². The minimum atomic E-state index is -0.479. The molecular weight excluding hydrogens is 726 g/mol. The molecule has 0 amide bonds. The highest BCUT2D eigenvalue weighted by Crippen LogP contribution is 2.39. The van der Waals surface area contributed by atoms with Crippen molar-refractivity contribution in [3.63, 3.8) is 0 Å². The summed E-state index contributed by atoms with van der Waals surface area (Å²) < 4.78 is 54.4. The molecule has 0 atom stereocenters. The van der Waals surface area contributed by atoms with E-state index in [2.05, 4.69) is 4.90 Å². The molecule has 0 bridgehead atoms. The second-order valence-corrected chi connectivity index (χ2v) is 12.4. The molecule has 0 aliphatic carbocycles. The van der Waals surface area contributed by atoms with Gasteiger partial charge in [-0.2, -0.15) is 0 Å². The Labute approximate surface area is 326 Å². The molecule has 4 aromatic rings. The highest BCUT2D eigenvalue weighted by Gasteiger charge is 2.18. The van der Waals surface area contributed by atoms with E-state index >= 15 is 0 Å². The summed E-state index contributed by atoms with van der Waals surface area (Å²) in [6.07, 6.45) is 6.73. The Kier molecular flexibility index (Phi) is 17.2. The first-order valence-electron chi connectivity index (χ1n) is 18.2. The average Bonchev–Trinajstić information content (AvgIpc) is 3.22. The fourth-order valence-electron chi connectivity index (χ4n) is 5.88. The zero-order chi connectivity index (χ0) is 40.3. The minimum Gasteiger partial charge on any atom is -0.493 e. The van der Waals surface area contributed by atoms with Crippen LogP contribution >= 0.6 is 0 Å². The van der Waals surface area contributed by atoms with Gasteiger partial charge in [0, 0.05) is 36.7 Å². The molecule has 14 heteroatoms. The first-order valence-corrected chi connectivity index (χ1v) is 18.2. The van der Waals surface area contributed by atoms with Crippen LogP contribution in [0.1, 0.15) is 48.0 Å². The molecule has 0 unspecified atom stereocenters. The van der Waals surface area contributed by atoms with Crippen molar-refractivity contribution in [2.75, 3.05) is 82.1 Å². The zero-order valence-electron chi connectivity index (χ0n) is 32.9. The maximum absolute atomic E-state index is 12.8. The van der Waals surface area contributed by atoms with Crippen LogP contribution in [0.3, 0.4) is 0 Å². The van der Waals surface area contributed by atoms with E-state index in [9.17, 15) is 14.4 Å². The second kappa shape index (κ2) is 22.5. The first kappa shape index (κ1) is 42.8. The molecule has 0 saturated carbocycles. The number of hydrogen-bond donors (Lipinski definition) is 0. The van der Waals surface area contributed by atoms with Crippen LogP contribution in [0.15, 0.2) is 69.9 Å². The number of hydrogen-bond acceptors (Lipinski definition) is 14. The summed E-state index contributed by atoms with van der Waals surface area (Å²) in [5.41, 5.74) is 1.05. The molecular formula is C42H51NO13. The molecule has 14 nitrogen and oxygen atoms in total. The summed E-state index contributed by atoms with van der Waals surface area (Å²) in [7, 11) is 9.05. The Balaban J connectivity index is 1.25. The Morgan fingerprint density at radius 3 is 1.82 bits per heavy atom. The van der Waals surface area contributed by atoms with E-state index in [1.54, 1.807) is 42.5 Å². The van der Waals surface area contributed by atoms with Crippen molar-refractivity contribution in [3.8, 4) is 40.2 Å². The number of rotatable bonds is 24. The molecule has 4 rings (SSSR count). The van der Waals surface area contributed by atoms with E-state index in [0.29, 0.717) is 82.9 Å². The SMILES string of the molecule is COc1cc(/C=C/C(=O)OCCCN(CCCCCOC(=O)c2cc(OC)c(OC)c(OC)c2)CCCOc2ccc3ccc(=O)oc3c2)cc(OC)c1OC. The largest absolute Gasteiger partial charge is 0.493 e. The molecule has 0 aliphatic heterocycles. The summed E-state index contributed by atoms with van der Waals surface area (Å²) in [6, 6.07) is 15.1. The van der Waals surface area contributed by atoms with Crippen molar-refractivity contribution in [2.24, 2.45) is 0 Å². The minimum absolute atomic E-state index is 0.241. The van der Waals surface area contributed by atoms with Crippen LogP contribution < -0.4 is 38.8 Å². The van der Waals surface area contributed by atoms with Crippen LogP contribution in [-0.4, -0.2) is 99.0 Å². The molecule has 302 valence electrons. The highest BCUT2D eigenvalue weighted by atomic mass is 16.5. The smallest absolute Gasteiger partial charge is 0.338 e. The lowest BCUT2D eigenvalue weighted by Crippen LogP contribution is -2.29. The van der Waals surface area contributed by atoms with Gasteiger partial charge in [-0.1, -0.05) is 0 Å². The number of esters is 2. The predicted octanol–water partition coefficient (Wildman–Crippen LogP) is 6.59. The third-order valence-corrected chi connectivity index (χ3v) is 8.70. The Morgan fingerprint density at radius 2 is 1.20 bits per heavy atom. The van der Waals surface area contributed by atoms with Crippen molar-refractivity contribution >= 4 is 29.0 Å². The lowest BCUT2D eigenvalue weighted by molar-refractivity contribution is -0.137. The number of carbonyl (C=O) groups is 2. The maximum Gasteiger partial charge on any atom is 0.338 e. The van der Waals surface area contributed by atoms with E-state index in [1.807, 2.05) is 12.1 Å². The Hall–Kier alpha value is -5.89. The summed E-state index contributed by atoms with van der Waals surface area (Å²) in [5, 5.41) is 0.816. The van der Waals surface area contributed by atoms with Crippen molar-refractivity contribution < 1.29 is 56.6 Å². The number of fused-ring (bicyclic) bond motifs is 1. The third-order valence-electron chi connectivity index (χ3n) is 8.70. The van der Waals surface area contributed by atoms with E-state index in [-0.39, 0.29) is 13.2 Å². The van der Waals surface area contributed by atoms with Gasteiger partial charge < -0.3 is 51.9 Å². The highest BCUT2D eigenvalue weighted by molar-refractivity contribution is 5.91. The van der Waals surface area contributed by atoms with Gasteiger partial charge in [0.25, 0.3) is 0 Å². The van der Waals surface area contributed by atoms with Gasteiger partial charge >= 0.3 is 17.6 Å². The molecule has 0 N–H and O–H groups in total. The van der Waals surface area contributed by atoms with Gasteiger partial charge in [0.2, 0.25) is 11.5 Å². The molecule has 0 aliphatic rings. The summed E-state index contributed by atoms with van der Waals surface area (Å²) in [5.74, 6) is 2.23. The topological polar surface area (TPSA) is 151 Å². The van der Waals surface area contributed by atoms with Crippen LogP contribution in [0.4, 0.5) is 0 Å². The number of nitrogens with zero attached hydrogens (tertiary/aromatic N) is 1. The monoisotopic (exact) mass is 777 g/mol. The van der Waals surface area contributed by atoms with E-state index in [4.69, 9.17) is 47.0 Å². The van der Waals surface area contributed by atoms with Gasteiger partial charge in [-0.25, -0.2) is 14.4 Å². The second-order valence-electron chi connectivity index (χ2n) is 12.4. The van der Waals surface area contributed by atoms with Crippen molar-refractivity contribution in [1.82, 2.24) is 4.90 Å². The molecule has 0 saturated heterocycles. The number of methoxy groups -OCH3 is 6. The van der Waals surface area contributed by atoms with Crippen molar-refractivity contribution in [3.05, 3.63) is 82.2 Å². The van der Waals surface area contributed by atoms with Crippen LogP contribution in [0, 0.1) is 0 Å². The molecule has 0 radical (unpaired) electrons. The van der Waals surface area contributed by atoms with Gasteiger partial charge in [-0.3, -0.25) is 0 Å². The fourth-order valence-corrected chi connectivity index (χ4v) is 5.88. The van der Waals surface area contributed by atoms with Crippen LogP contribution in [0.25, 0.3) is 17.0 Å². The number of unbranched alkanes of at least 4 members (excludes halogenated alkanes) is 2. The zero-order valence-corrected chi connectivity index (χ0v) is 32.9. The summed E-state index contributed by atoms with van der Waals surface area (Å²) in [6.45, 7) is 3.18.